The van der Waals surface area contributed by atoms with Crippen LogP contribution in [0.5, 0.6) is 5.75 Å². The summed E-state index contributed by atoms with van der Waals surface area (Å²) < 4.78 is 7.29. The molecule has 0 aliphatic heterocycles. The first-order chi connectivity index (χ1) is 9.99. The highest BCUT2D eigenvalue weighted by atomic mass is 16.5. The molecule has 2 rings (SSSR count). The van der Waals surface area contributed by atoms with Gasteiger partial charge in [-0.15, -0.1) is 0 Å². The van der Waals surface area contributed by atoms with Crippen molar-refractivity contribution in [2.24, 2.45) is 7.05 Å². The number of carbonyl (C=O) groups is 1. The molecule has 0 unspecified atom stereocenters. The number of aryl methyl sites for hydroxylation is 3. The van der Waals surface area contributed by atoms with Gasteiger partial charge in [0.25, 0.3) is 5.91 Å². The highest BCUT2D eigenvalue weighted by Crippen LogP contribution is 2.12. The molecule has 1 N–H and O–H groups in total. The van der Waals surface area contributed by atoms with Crippen LogP contribution >= 0.6 is 0 Å². The van der Waals surface area contributed by atoms with E-state index in [0.29, 0.717) is 18.7 Å². The van der Waals surface area contributed by atoms with Crippen LogP contribution in [0.2, 0.25) is 0 Å². The van der Waals surface area contributed by atoms with E-state index in [2.05, 4.69) is 10.4 Å². The summed E-state index contributed by atoms with van der Waals surface area (Å²) in [5, 5.41) is 7.10. The minimum absolute atomic E-state index is 0.106. The summed E-state index contributed by atoms with van der Waals surface area (Å²) >= 11 is 0. The van der Waals surface area contributed by atoms with Crippen molar-refractivity contribution in [3.05, 3.63) is 46.8 Å². The van der Waals surface area contributed by atoms with Crippen LogP contribution < -0.4 is 10.1 Å². The fourth-order valence-electron chi connectivity index (χ4n) is 2.16. The average Bonchev–Trinajstić information content (AvgIpc) is 2.70. The second-order valence-corrected chi connectivity index (χ2v) is 5.09. The highest BCUT2D eigenvalue weighted by Gasteiger charge is 2.16. The summed E-state index contributed by atoms with van der Waals surface area (Å²) in [6.45, 7) is 6.65. The van der Waals surface area contributed by atoms with Crippen molar-refractivity contribution in [3.63, 3.8) is 0 Å². The Morgan fingerprint density at radius 3 is 2.48 bits per heavy atom. The molecule has 5 nitrogen and oxygen atoms in total. The third-order valence-electron chi connectivity index (χ3n) is 3.41. The smallest absolute Gasteiger partial charge is 0.255 e. The monoisotopic (exact) mass is 287 g/mol. The fourth-order valence-corrected chi connectivity index (χ4v) is 2.16. The number of ether oxygens (including phenoxy) is 1. The van der Waals surface area contributed by atoms with E-state index in [-0.39, 0.29) is 5.91 Å². The zero-order valence-corrected chi connectivity index (χ0v) is 12.9. The molecule has 0 aliphatic carbocycles. The van der Waals surface area contributed by atoms with Gasteiger partial charge in [-0.3, -0.25) is 9.48 Å². The van der Waals surface area contributed by atoms with E-state index in [1.165, 1.54) is 5.56 Å². The predicted molar refractivity (Wildman–Crippen MR) is 81.7 cm³/mol. The Bertz CT molecular complexity index is 630. The minimum atomic E-state index is -0.106. The number of amides is 1. The summed E-state index contributed by atoms with van der Waals surface area (Å²) in [7, 11) is 1.83. The van der Waals surface area contributed by atoms with Crippen molar-refractivity contribution >= 4 is 5.91 Å². The Labute approximate surface area is 124 Å². The molecule has 0 saturated carbocycles. The van der Waals surface area contributed by atoms with Gasteiger partial charge in [-0.2, -0.15) is 5.10 Å². The second-order valence-electron chi connectivity index (χ2n) is 5.09. The van der Waals surface area contributed by atoms with E-state index in [4.69, 9.17) is 4.74 Å². The Kier molecular flexibility index (Phi) is 4.62. The fraction of sp³-hybridized carbons (Fsp3) is 0.375. The maximum atomic E-state index is 12.1. The number of carbonyl (C=O) groups excluding carboxylic acids is 1. The molecule has 0 radical (unpaired) electrons. The van der Waals surface area contributed by atoms with Gasteiger partial charge in [0.1, 0.15) is 12.4 Å². The van der Waals surface area contributed by atoms with Crippen molar-refractivity contribution in [2.45, 2.75) is 20.8 Å². The molecule has 5 heteroatoms. The van der Waals surface area contributed by atoms with Gasteiger partial charge >= 0.3 is 0 Å². The molecule has 1 amide bonds. The van der Waals surface area contributed by atoms with Crippen LogP contribution in [-0.4, -0.2) is 28.8 Å². The lowest BCUT2D eigenvalue weighted by Gasteiger charge is -2.08. The van der Waals surface area contributed by atoms with Gasteiger partial charge < -0.3 is 10.1 Å². The number of benzene rings is 1. The summed E-state index contributed by atoms with van der Waals surface area (Å²) in [5.74, 6) is 0.703. The molecule has 1 aromatic carbocycles. The maximum absolute atomic E-state index is 12.1. The maximum Gasteiger partial charge on any atom is 0.255 e. The predicted octanol–water partition coefficient (Wildman–Crippen LogP) is 2.15. The van der Waals surface area contributed by atoms with E-state index < -0.39 is 0 Å². The number of hydrogen-bond acceptors (Lipinski definition) is 3. The topological polar surface area (TPSA) is 56.1 Å². The van der Waals surface area contributed by atoms with Crippen LogP contribution in [0.25, 0.3) is 0 Å². The third kappa shape index (κ3) is 3.62. The van der Waals surface area contributed by atoms with Crippen molar-refractivity contribution in [2.75, 3.05) is 13.2 Å². The zero-order valence-electron chi connectivity index (χ0n) is 12.9. The van der Waals surface area contributed by atoms with Gasteiger partial charge in [0.05, 0.1) is 17.8 Å². The number of aromatic nitrogens is 2. The van der Waals surface area contributed by atoms with E-state index in [9.17, 15) is 4.79 Å². The van der Waals surface area contributed by atoms with Crippen LogP contribution in [0.15, 0.2) is 24.3 Å². The standard InChI is InChI=1S/C16H21N3O2/c1-11-5-7-14(8-6-11)21-10-9-17-16(20)15-12(2)18-19(4)13(15)3/h5-8H,9-10H2,1-4H3,(H,17,20). The average molecular weight is 287 g/mol. The molecule has 0 fully saturated rings. The molecule has 2 aromatic rings. The van der Waals surface area contributed by atoms with Gasteiger partial charge in [-0.1, -0.05) is 17.7 Å². The van der Waals surface area contributed by atoms with Crippen LogP contribution in [0.4, 0.5) is 0 Å². The molecule has 1 heterocycles. The SMILES string of the molecule is Cc1ccc(OCCNC(=O)c2c(C)nn(C)c2C)cc1. The quantitative estimate of drug-likeness (QED) is 0.857. The Morgan fingerprint density at radius 2 is 1.90 bits per heavy atom. The molecular formula is C16H21N3O2. The molecule has 112 valence electrons. The zero-order chi connectivity index (χ0) is 15.4. The van der Waals surface area contributed by atoms with E-state index in [1.807, 2.05) is 52.1 Å². The Balaban J connectivity index is 1.83. The summed E-state index contributed by atoms with van der Waals surface area (Å²) in [4.78, 5) is 12.1. The summed E-state index contributed by atoms with van der Waals surface area (Å²) in [6.07, 6.45) is 0. The number of nitrogens with one attached hydrogen (secondary N) is 1. The van der Waals surface area contributed by atoms with Gasteiger partial charge in [-0.05, 0) is 32.9 Å². The number of hydrogen-bond donors (Lipinski definition) is 1. The molecule has 0 bridgehead atoms. The number of rotatable bonds is 5. The highest BCUT2D eigenvalue weighted by molar-refractivity contribution is 5.96. The van der Waals surface area contributed by atoms with Crippen LogP contribution in [-0.2, 0) is 7.05 Å². The van der Waals surface area contributed by atoms with Gasteiger partial charge in [0.15, 0.2) is 0 Å². The van der Waals surface area contributed by atoms with Crippen LogP contribution in [0.1, 0.15) is 27.3 Å². The molecule has 0 aliphatic rings. The van der Waals surface area contributed by atoms with Gasteiger partial charge in [0.2, 0.25) is 0 Å². The first-order valence-electron chi connectivity index (χ1n) is 6.97. The summed E-state index contributed by atoms with van der Waals surface area (Å²) in [6, 6.07) is 7.84. The molecule has 1 aromatic heterocycles. The normalized spacial score (nSPS) is 10.5. The molecule has 0 saturated heterocycles. The van der Waals surface area contributed by atoms with Crippen LogP contribution in [0, 0.1) is 20.8 Å². The van der Waals surface area contributed by atoms with Crippen LogP contribution in [0.3, 0.4) is 0 Å². The van der Waals surface area contributed by atoms with Gasteiger partial charge in [0, 0.05) is 12.7 Å². The first-order valence-corrected chi connectivity index (χ1v) is 6.97. The molecule has 21 heavy (non-hydrogen) atoms. The Hall–Kier alpha value is -2.30. The lowest BCUT2D eigenvalue weighted by molar-refractivity contribution is 0.0945. The van der Waals surface area contributed by atoms with Crippen molar-refractivity contribution in [1.29, 1.82) is 0 Å². The van der Waals surface area contributed by atoms with Crippen molar-refractivity contribution in [1.82, 2.24) is 15.1 Å². The lowest BCUT2D eigenvalue weighted by Crippen LogP contribution is -2.28. The largest absolute Gasteiger partial charge is 0.492 e. The molecule has 0 atom stereocenters. The lowest BCUT2D eigenvalue weighted by atomic mass is 10.2. The summed E-state index contributed by atoms with van der Waals surface area (Å²) in [5.41, 5.74) is 3.45. The minimum Gasteiger partial charge on any atom is -0.492 e. The Morgan fingerprint density at radius 1 is 1.24 bits per heavy atom. The van der Waals surface area contributed by atoms with Crippen molar-refractivity contribution < 1.29 is 9.53 Å². The van der Waals surface area contributed by atoms with Gasteiger partial charge in [-0.25, -0.2) is 0 Å². The first kappa shape index (κ1) is 15.1. The van der Waals surface area contributed by atoms with Crippen molar-refractivity contribution in [3.8, 4) is 5.75 Å². The van der Waals surface area contributed by atoms with E-state index in [0.717, 1.165) is 17.1 Å². The number of nitrogens with zero attached hydrogens (tertiary/aromatic N) is 2. The third-order valence-corrected chi connectivity index (χ3v) is 3.41. The van der Waals surface area contributed by atoms with E-state index >= 15 is 0 Å². The van der Waals surface area contributed by atoms with E-state index in [1.54, 1.807) is 4.68 Å². The molecular weight excluding hydrogens is 266 g/mol. The molecule has 0 spiro atoms. The second kappa shape index (κ2) is 6.43.